The van der Waals surface area contributed by atoms with Gasteiger partial charge in [-0.25, -0.2) is 0 Å². The number of rotatable bonds is 26. The van der Waals surface area contributed by atoms with Gasteiger partial charge in [0.2, 0.25) is 0 Å². The van der Waals surface area contributed by atoms with Crippen molar-refractivity contribution in [3.05, 3.63) is 72.9 Å². The Hall–Kier alpha value is -3.06. The van der Waals surface area contributed by atoms with Crippen molar-refractivity contribution in [1.29, 1.82) is 0 Å². The van der Waals surface area contributed by atoms with E-state index in [1.807, 2.05) is 67.7 Å². The van der Waals surface area contributed by atoms with Crippen LogP contribution >= 0.6 is 0 Å². The van der Waals surface area contributed by atoms with Crippen LogP contribution < -0.4 is 0 Å². The van der Waals surface area contributed by atoms with Crippen LogP contribution in [0.4, 0.5) is 0 Å². The fourth-order valence-corrected chi connectivity index (χ4v) is 5.52. The number of esters is 2. The molecule has 0 aromatic carbocycles. The van der Waals surface area contributed by atoms with E-state index in [4.69, 9.17) is 28.4 Å². The summed E-state index contributed by atoms with van der Waals surface area (Å²) in [4.78, 5) is 25.3. The van der Waals surface area contributed by atoms with E-state index >= 15 is 0 Å². The van der Waals surface area contributed by atoms with Crippen molar-refractivity contribution < 1.29 is 73.8 Å². The molecule has 0 bridgehead atoms. The Morgan fingerprint density at radius 2 is 1.20 bits per heavy atom. The number of aliphatic hydroxyl groups excluding tert-OH is 7. The van der Waals surface area contributed by atoms with E-state index in [1.165, 1.54) is 0 Å². The fourth-order valence-electron chi connectivity index (χ4n) is 5.52. The van der Waals surface area contributed by atoms with Gasteiger partial charge in [0.15, 0.2) is 18.7 Å². The zero-order valence-electron chi connectivity index (χ0n) is 32.6. The molecular formula is C41H64O15. The number of carbonyl (C=O) groups is 2. The van der Waals surface area contributed by atoms with Crippen LogP contribution in [0.1, 0.15) is 78.1 Å². The van der Waals surface area contributed by atoms with Gasteiger partial charge in [-0.3, -0.25) is 9.59 Å². The molecule has 15 heteroatoms. The zero-order chi connectivity index (χ0) is 41.1. The van der Waals surface area contributed by atoms with E-state index < -0.39 is 99.3 Å². The number of allylic oxidation sites excluding steroid dienone is 12. The molecule has 56 heavy (non-hydrogen) atoms. The van der Waals surface area contributed by atoms with Gasteiger partial charge in [-0.2, -0.15) is 0 Å². The molecule has 0 aliphatic carbocycles. The molecule has 2 aliphatic heterocycles. The van der Waals surface area contributed by atoms with Gasteiger partial charge in [0.1, 0.15) is 55.4 Å². The first-order valence-electron chi connectivity index (χ1n) is 19.6. The highest BCUT2D eigenvalue weighted by Crippen LogP contribution is 2.26. The highest BCUT2D eigenvalue weighted by molar-refractivity contribution is 5.70. The Balaban J connectivity index is 1.94. The summed E-state index contributed by atoms with van der Waals surface area (Å²) in [7, 11) is 0. The molecule has 0 amide bonds. The first-order chi connectivity index (χ1) is 27.0. The molecule has 5 unspecified atom stereocenters. The van der Waals surface area contributed by atoms with E-state index in [0.717, 1.165) is 38.5 Å². The SMILES string of the molecule is CC/C=C/C=C/C=C/C=C/CCCCCC(=O)OC(COC(=O)CC/C=C/C/C=C/CC)CO[C@@H]1O[C@H](CO[C@@H]2O[C@H](CO)[C@H](O)C(O)C2O)[C@H](O)C(O)C1O. The monoisotopic (exact) mass is 796 g/mol. The normalized spacial score (nSPS) is 29.4. The van der Waals surface area contributed by atoms with Crippen molar-refractivity contribution in [3.63, 3.8) is 0 Å². The smallest absolute Gasteiger partial charge is 0.306 e. The highest BCUT2D eigenvalue weighted by atomic mass is 16.7. The molecule has 2 heterocycles. The van der Waals surface area contributed by atoms with Crippen molar-refractivity contribution in [1.82, 2.24) is 0 Å². The molecule has 0 saturated carbocycles. The van der Waals surface area contributed by atoms with Crippen molar-refractivity contribution in [2.24, 2.45) is 0 Å². The van der Waals surface area contributed by atoms with Gasteiger partial charge in [0, 0.05) is 12.8 Å². The molecule has 2 saturated heterocycles. The highest BCUT2D eigenvalue weighted by Gasteiger charge is 2.47. The van der Waals surface area contributed by atoms with Gasteiger partial charge in [0.25, 0.3) is 0 Å². The number of ether oxygens (including phenoxy) is 6. The number of aliphatic hydroxyl groups is 7. The number of hydrogen-bond donors (Lipinski definition) is 7. The van der Waals surface area contributed by atoms with Crippen molar-refractivity contribution in [3.8, 4) is 0 Å². The molecule has 7 N–H and O–H groups in total. The van der Waals surface area contributed by atoms with Crippen molar-refractivity contribution in [2.75, 3.05) is 26.4 Å². The average Bonchev–Trinajstić information content (AvgIpc) is 3.19. The maximum atomic E-state index is 12.8. The lowest BCUT2D eigenvalue weighted by Crippen LogP contribution is -2.61. The van der Waals surface area contributed by atoms with E-state index in [2.05, 4.69) is 19.1 Å². The summed E-state index contributed by atoms with van der Waals surface area (Å²) >= 11 is 0. The Morgan fingerprint density at radius 1 is 0.589 bits per heavy atom. The van der Waals surface area contributed by atoms with Crippen LogP contribution in [0.2, 0.25) is 0 Å². The van der Waals surface area contributed by atoms with Crippen LogP contribution in [0.3, 0.4) is 0 Å². The Bertz CT molecular complexity index is 1260. The summed E-state index contributed by atoms with van der Waals surface area (Å²) in [5.74, 6) is -1.07. The summed E-state index contributed by atoms with van der Waals surface area (Å²) in [5.41, 5.74) is 0. The van der Waals surface area contributed by atoms with Crippen LogP contribution in [0.25, 0.3) is 0 Å². The molecule has 0 radical (unpaired) electrons. The molecule has 0 aromatic heterocycles. The van der Waals surface area contributed by atoms with Crippen LogP contribution in [0.15, 0.2) is 72.9 Å². The fraction of sp³-hybridized carbons (Fsp3) is 0.659. The molecule has 0 spiro atoms. The number of carbonyl (C=O) groups excluding carboxylic acids is 2. The standard InChI is InChI=1S/C41H64O15/c1-3-5-7-9-11-12-13-14-15-16-18-20-22-24-33(44)54-29(26-51-32(43)23-21-19-17-10-8-6-4-2)27-52-40-39(50)37(48)35(46)31(56-40)28-53-41-38(49)36(47)34(45)30(25-42)55-41/h5-9,11-15,17,19,29-31,34-42,45-50H,3-4,10,16,18,20-28H2,1-2H3/b7-5+,8-6+,11-9+,13-12+,15-14+,19-17+/t29?,30-,31-,34+,35+,36?,37?,38?,39?,40-,41-/m1/s1. The number of hydrogen-bond acceptors (Lipinski definition) is 15. The Kier molecular flexibility index (Phi) is 25.6. The summed E-state index contributed by atoms with van der Waals surface area (Å²) in [6, 6.07) is 0. The first-order valence-corrected chi connectivity index (χ1v) is 19.6. The molecule has 2 aliphatic rings. The van der Waals surface area contributed by atoms with E-state index in [1.54, 1.807) is 0 Å². The minimum absolute atomic E-state index is 0.0947. The quantitative estimate of drug-likeness (QED) is 0.0288. The largest absolute Gasteiger partial charge is 0.462 e. The topological polar surface area (TPSA) is 231 Å². The molecule has 2 rings (SSSR count). The molecule has 0 aromatic rings. The third-order valence-corrected chi connectivity index (χ3v) is 8.79. The van der Waals surface area contributed by atoms with Crippen LogP contribution in [-0.2, 0) is 38.0 Å². The second kappa shape index (κ2) is 29.2. The first kappa shape index (κ1) is 49.1. The lowest BCUT2D eigenvalue weighted by atomic mass is 9.98. The lowest BCUT2D eigenvalue weighted by Gasteiger charge is -2.42. The molecule has 15 nitrogen and oxygen atoms in total. The molecular weight excluding hydrogens is 732 g/mol. The van der Waals surface area contributed by atoms with Crippen molar-refractivity contribution >= 4 is 11.9 Å². The summed E-state index contributed by atoms with van der Waals surface area (Å²) in [6.07, 6.45) is 13.1. The van der Waals surface area contributed by atoms with Gasteiger partial charge in [-0.05, 0) is 44.9 Å². The Labute approximate surface area is 330 Å². The van der Waals surface area contributed by atoms with Gasteiger partial charge in [-0.15, -0.1) is 0 Å². The summed E-state index contributed by atoms with van der Waals surface area (Å²) in [6.45, 7) is 2.11. The van der Waals surface area contributed by atoms with Gasteiger partial charge >= 0.3 is 11.9 Å². The maximum absolute atomic E-state index is 12.8. The van der Waals surface area contributed by atoms with E-state index in [0.29, 0.717) is 12.8 Å². The van der Waals surface area contributed by atoms with E-state index in [-0.39, 0.29) is 19.4 Å². The predicted octanol–water partition coefficient (Wildman–Crippen LogP) is 2.36. The second-order valence-electron chi connectivity index (χ2n) is 13.4. The minimum atomic E-state index is -1.78. The summed E-state index contributed by atoms with van der Waals surface area (Å²) in [5, 5.41) is 71.5. The summed E-state index contributed by atoms with van der Waals surface area (Å²) < 4.78 is 33.1. The molecule has 2 fully saturated rings. The number of unbranched alkanes of at least 4 members (excludes halogenated alkanes) is 3. The zero-order valence-corrected chi connectivity index (χ0v) is 32.6. The average molecular weight is 797 g/mol. The maximum Gasteiger partial charge on any atom is 0.306 e. The van der Waals surface area contributed by atoms with Crippen LogP contribution in [0, 0.1) is 0 Å². The third-order valence-electron chi connectivity index (χ3n) is 8.79. The van der Waals surface area contributed by atoms with Crippen LogP contribution in [-0.4, -0.2) is 142 Å². The molecule has 318 valence electrons. The lowest BCUT2D eigenvalue weighted by molar-refractivity contribution is -0.332. The van der Waals surface area contributed by atoms with Gasteiger partial charge in [0.05, 0.1) is 19.8 Å². The van der Waals surface area contributed by atoms with Gasteiger partial charge in [-0.1, -0.05) is 93.2 Å². The predicted molar refractivity (Wildman–Crippen MR) is 206 cm³/mol. The second-order valence-corrected chi connectivity index (χ2v) is 13.4. The van der Waals surface area contributed by atoms with E-state index in [9.17, 15) is 45.3 Å². The molecule has 11 atom stereocenters. The Morgan fingerprint density at radius 3 is 1.88 bits per heavy atom. The van der Waals surface area contributed by atoms with Crippen molar-refractivity contribution in [2.45, 2.75) is 146 Å². The van der Waals surface area contributed by atoms with Crippen LogP contribution in [0.5, 0.6) is 0 Å². The minimum Gasteiger partial charge on any atom is -0.462 e. The third kappa shape index (κ3) is 18.9. The van der Waals surface area contributed by atoms with Gasteiger partial charge < -0.3 is 64.2 Å².